The molecule has 0 saturated carbocycles. The highest BCUT2D eigenvalue weighted by Gasteiger charge is 2.57. The van der Waals surface area contributed by atoms with Crippen molar-refractivity contribution in [1.29, 1.82) is 0 Å². The smallest absolute Gasteiger partial charge is 0.217 e. The molecule has 0 aliphatic carbocycles. The van der Waals surface area contributed by atoms with Gasteiger partial charge in [0.1, 0.15) is 140 Å². The van der Waals surface area contributed by atoms with Crippen molar-refractivity contribution in [1.82, 2.24) is 16.0 Å². The van der Waals surface area contributed by atoms with Gasteiger partial charge in [0, 0.05) is 20.8 Å². The number of aliphatic hydroxyl groups excluding tert-OH is 16. The number of nitrogens with one attached hydrogen (secondary N) is 3. The molecule has 30 atom stereocenters. The molecule has 19 N–H and O–H groups in total. The van der Waals surface area contributed by atoms with Gasteiger partial charge in [0.05, 0.1) is 51.8 Å². The molecule has 0 aromatic rings. The van der Waals surface area contributed by atoms with E-state index in [2.05, 4.69) is 16.0 Å². The lowest BCUT2D eigenvalue weighted by atomic mass is 9.92. The zero-order valence-electron chi connectivity index (χ0n) is 41.4. The van der Waals surface area contributed by atoms with E-state index in [9.17, 15) is 96.1 Å². The van der Waals surface area contributed by atoms with E-state index >= 15 is 0 Å². The summed E-state index contributed by atoms with van der Waals surface area (Å²) in [4.78, 5) is 36.8. The number of carbonyl (C=O) groups is 3. The molecule has 6 heterocycles. The highest BCUT2D eigenvalue weighted by molar-refractivity contribution is 5.74. The van der Waals surface area contributed by atoms with Crippen LogP contribution in [-0.2, 0) is 66.5 Å². The Morgan fingerprint density at radius 2 is 0.724 bits per heavy atom. The van der Waals surface area contributed by atoms with Gasteiger partial charge in [-0.3, -0.25) is 14.4 Å². The van der Waals surface area contributed by atoms with Crippen molar-refractivity contribution in [2.45, 2.75) is 212 Å². The Morgan fingerprint density at radius 3 is 1.25 bits per heavy atom. The number of amides is 3. The first-order chi connectivity index (χ1) is 35.9. The van der Waals surface area contributed by atoms with E-state index in [0.717, 1.165) is 13.8 Å². The van der Waals surface area contributed by atoms with Gasteiger partial charge >= 0.3 is 0 Å². The van der Waals surface area contributed by atoms with Crippen molar-refractivity contribution in [3.63, 3.8) is 0 Å². The Hall–Kier alpha value is -2.67. The molecular weight excluding hydrogens is 1040 g/mol. The highest BCUT2D eigenvalue weighted by atomic mass is 16.8. The molecule has 6 saturated heterocycles. The van der Waals surface area contributed by atoms with Crippen LogP contribution in [0.25, 0.3) is 0 Å². The van der Waals surface area contributed by atoms with Crippen molar-refractivity contribution in [3.8, 4) is 0 Å². The van der Waals surface area contributed by atoms with Gasteiger partial charge in [0.15, 0.2) is 31.5 Å². The molecule has 13 unspecified atom stereocenters. The summed E-state index contributed by atoms with van der Waals surface area (Å²) in [6.07, 6.45) is -49.5. The quantitative estimate of drug-likeness (QED) is 0.0571. The summed E-state index contributed by atoms with van der Waals surface area (Å²) in [5, 5.41) is 181. The van der Waals surface area contributed by atoms with E-state index in [4.69, 9.17) is 52.1 Å². The minimum atomic E-state index is -2.26. The molecule has 33 nitrogen and oxygen atoms in total. The molecule has 6 rings (SSSR count). The normalized spacial score (nSPS) is 48.2. The van der Waals surface area contributed by atoms with Crippen LogP contribution in [0.1, 0.15) is 27.7 Å². The van der Waals surface area contributed by atoms with E-state index < -0.39 is 241 Å². The first kappa shape index (κ1) is 62.5. The second-order valence-electron chi connectivity index (χ2n) is 19.3. The molecule has 440 valence electrons. The fraction of sp³-hybridized carbons (Fsp3) is 0.930. The average molecular weight is 1110 g/mol. The van der Waals surface area contributed by atoms with Gasteiger partial charge in [-0.1, -0.05) is 0 Å². The van der Waals surface area contributed by atoms with Crippen LogP contribution in [0.4, 0.5) is 0 Å². The predicted octanol–water partition coefficient (Wildman–Crippen LogP) is -12.6. The molecule has 33 heteroatoms. The standard InChI is InChI=1S/C43H73N3O30/c1-11-21(44-12(2)52)29(60)35(18(8-50)67-11)73-40-23(46-14(4)54)30(61)36(19(9-51)71-40)74-42-34(65)37(75-41-33(64)31(62)25(56)16(6-48)69-41)27(58)20(72-42)10-66-43-38(32(63)26(57)17(7-49)70-43)76-39-22(45-13(3)53)28(59)24(55)15(5-47)68-39/h11,15-43,47-51,55-65H,5-10H2,1-4H3,(H,44,52)(H,45,53)(H,46,54)/t11-,15+,16?,17?,18?,19?,20?,21?,22?,23?,24+,25-,26-,27-,28?,29+,30+,31?,32-,33?,34?,35-,36-,37-,38?,39+,40-,41-,42-,43+/m0/s1. The van der Waals surface area contributed by atoms with E-state index in [0.29, 0.717) is 0 Å². The number of aliphatic hydroxyl groups is 16. The van der Waals surface area contributed by atoms with Gasteiger partial charge in [-0.25, -0.2) is 0 Å². The minimum Gasteiger partial charge on any atom is -0.394 e. The zero-order chi connectivity index (χ0) is 56.2. The number of rotatable bonds is 19. The molecule has 6 fully saturated rings. The molecule has 0 radical (unpaired) electrons. The Kier molecular flexibility index (Phi) is 22.4. The van der Waals surface area contributed by atoms with Crippen LogP contribution in [0.2, 0.25) is 0 Å². The molecule has 6 aliphatic heterocycles. The van der Waals surface area contributed by atoms with E-state index in [1.165, 1.54) is 13.8 Å². The van der Waals surface area contributed by atoms with Gasteiger partial charge in [-0.05, 0) is 6.92 Å². The summed E-state index contributed by atoms with van der Waals surface area (Å²) in [5.74, 6) is -2.12. The monoisotopic (exact) mass is 1110 g/mol. The highest BCUT2D eigenvalue weighted by Crippen LogP contribution is 2.36. The maximum atomic E-state index is 12.6. The molecule has 0 aromatic carbocycles. The summed E-state index contributed by atoms with van der Waals surface area (Å²) < 4.78 is 64.4. The largest absolute Gasteiger partial charge is 0.394 e. The number of ether oxygens (including phenoxy) is 11. The summed E-state index contributed by atoms with van der Waals surface area (Å²) in [5.41, 5.74) is 0. The lowest BCUT2D eigenvalue weighted by Gasteiger charge is -2.50. The summed E-state index contributed by atoms with van der Waals surface area (Å²) in [6, 6.07) is -4.41. The van der Waals surface area contributed by atoms with Crippen molar-refractivity contribution in [2.75, 3.05) is 39.6 Å². The average Bonchev–Trinajstić information content (AvgIpc) is 3.37. The van der Waals surface area contributed by atoms with Crippen molar-refractivity contribution in [2.24, 2.45) is 0 Å². The molecule has 3 amide bonds. The lowest BCUT2D eigenvalue weighted by molar-refractivity contribution is -0.386. The van der Waals surface area contributed by atoms with Crippen LogP contribution in [0.5, 0.6) is 0 Å². The van der Waals surface area contributed by atoms with Gasteiger partial charge in [0.2, 0.25) is 17.7 Å². The lowest BCUT2D eigenvalue weighted by Crippen LogP contribution is -2.70. The third-order valence-electron chi connectivity index (χ3n) is 13.9. The van der Waals surface area contributed by atoms with Crippen molar-refractivity contribution in [3.05, 3.63) is 0 Å². The third kappa shape index (κ3) is 13.7. The van der Waals surface area contributed by atoms with Gasteiger partial charge in [-0.2, -0.15) is 0 Å². The summed E-state index contributed by atoms with van der Waals surface area (Å²) in [6.45, 7) is -0.745. The Balaban J connectivity index is 1.30. The SMILES string of the molecule is CC(=O)NC1C(O)[C@H](O)[C@@H](CO)O[C@@H]1OC1[C@H](OCC2O[C@@H](O[C@H]3C(CO)O[C@@H](O[C@H]4C(CO)O[C@@H](C)C(NC(C)=O)[C@H]4O)C(NC(C)=O)[C@H]3O)C(O)[C@@H](O[C@@H]3OC(CO)[C@H](O)C(O)C3O)[C@H]2O)OC(CO)[C@H](O)[C@@H]1O. The van der Waals surface area contributed by atoms with Crippen molar-refractivity contribution >= 4 is 17.7 Å². The fourth-order valence-electron chi connectivity index (χ4n) is 9.86. The van der Waals surface area contributed by atoms with Crippen LogP contribution < -0.4 is 16.0 Å². The first-order valence-corrected chi connectivity index (χ1v) is 24.4. The van der Waals surface area contributed by atoms with Crippen LogP contribution in [0.15, 0.2) is 0 Å². The second-order valence-corrected chi connectivity index (χ2v) is 19.3. The maximum absolute atomic E-state index is 12.6. The number of hydrogen-bond acceptors (Lipinski definition) is 30. The molecule has 6 aliphatic rings. The third-order valence-corrected chi connectivity index (χ3v) is 13.9. The Morgan fingerprint density at radius 1 is 0.355 bits per heavy atom. The predicted molar refractivity (Wildman–Crippen MR) is 237 cm³/mol. The number of hydrogen-bond donors (Lipinski definition) is 19. The molecule has 0 bridgehead atoms. The summed E-state index contributed by atoms with van der Waals surface area (Å²) in [7, 11) is 0. The summed E-state index contributed by atoms with van der Waals surface area (Å²) >= 11 is 0. The molecule has 0 spiro atoms. The Labute approximate surface area is 432 Å². The molecule has 0 aromatic heterocycles. The van der Waals surface area contributed by atoms with Gasteiger partial charge in [-0.15, -0.1) is 0 Å². The maximum Gasteiger partial charge on any atom is 0.217 e. The van der Waals surface area contributed by atoms with Crippen molar-refractivity contribution < 1.29 is 148 Å². The Bertz CT molecular complexity index is 1870. The van der Waals surface area contributed by atoms with Gasteiger partial charge in [0.25, 0.3) is 0 Å². The minimum absolute atomic E-state index is 0.561. The molecule has 76 heavy (non-hydrogen) atoms. The van der Waals surface area contributed by atoms with Gasteiger partial charge < -0.3 is 150 Å². The van der Waals surface area contributed by atoms with Crippen LogP contribution in [-0.4, -0.2) is 323 Å². The van der Waals surface area contributed by atoms with E-state index in [1.807, 2.05) is 0 Å². The first-order valence-electron chi connectivity index (χ1n) is 24.4. The molecular formula is C43H73N3O30. The topological polar surface area (TPSA) is 513 Å². The van der Waals surface area contributed by atoms with Crippen LogP contribution in [0, 0.1) is 0 Å². The van der Waals surface area contributed by atoms with Crippen LogP contribution >= 0.6 is 0 Å². The fourth-order valence-corrected chi connectivity index (χ4v) is 9.86. The van der Waals surface area contributed by atoms with E-state index in [1.54, 1.807) is 0 Å². The zero-order valence-corrected chi connectivity index (χ0v) is 41.4. The van der Waals surface area contributed by atoms with E-state index in [-0.39, 0.29) is 0 Å². The number of carbonyl (C=O) groups excluding carboxylic acids is 3. The second kappa shape index (κ2) is 27.2. The van der Waals surface area contributed by atoms with Crippen LogP contribution in [0.3, 0.4) is 0 Å².